The number of ether oxygens (including phenoxy) is 1. The average Bonchev–Trinajstić information content (AvgIpc) is 3.04. The summed E-state index contributed by atoms with van der Waals surface area (Å²) in [6, 6.07) is 2.11. The monoisotopic (exact) mass is 268 g/mol. The first-order valence-electron chi connectivity index (χ1n) is 5.85. The van der Waals surface area contributed by atoms with Crippen LogP contribution in [0, 0.1) is 5.92 Å². The Morgan fingerprint density at radius 1 is 1.47 bits per heavy atom. The minimum Gasteiger partial charge on any atom is -0.477 e. The van der Waals surface area contributed by atoms with E-state index in [1.54, 1.807) is 11.3 Å². The van der Waals surface area contributed by atoms with Gasteiger partial charge in [0.25, 0.3) is 0 Å². The highest BCUT2D eigenvalue weighted by Crippen LogP contribution is 2.34. The summed E-state index contributed by atoms with van der Waals surface area (Å²) < 4.78 is 5.75. The molecular weight excluding hydrogens is 256 g/mol. The Hall–Kier alpha value is -0.870. The van der Waals surface area contributed by atoms with Gasteiger partial charge in [-0.15, -0.1) is 11.3 Å². The van der Waals surface area contributed by atoms with Crippen LogP contribution in [0.3, 0.4) is 0 Å². The molecular formula is C12H13ClN2OS. The molecule has 3 rings (SSSR count). The van der Waals surface area contributed by atoms with E-state index in [0.29, 0.717) is 11.8 Å². The molecule has 0 aromatic carbocycles. The average molecular weight is 269 g/mol. The van der Waals surface area contributed by atoms with Gasteiger partial charge in [-0.25, -0.2) is 4.98 Å². The summed E-state index contributed by atoms with van der Waals surface area (Å²) in [5.74, 6) is 1.35. The first-order chi connectivity index (χ1) is 8.26. The molecule has 2 aromatic rings. The van der Waals surface area contributed by atoms with E-state index in [4.69, 9.17) is 16.3 Å². The zero-order valence-electron chi connectivity index (χ0n) is 9.57. The van der Waals surface area contributed by atoms with Gasteiger partial charge in [0, 0.05) is 4.88 Å². The second kappa shape index (κ2) is 4.42. The molecule has 0 amide bonds. The van der Waals surface area contributed by atoms with Crippen molar-refractivity contribution in [3.05, 3.63) is 16.2 Å². The zero-order chi connectivity index (χ0) is 11.8. The van der Waals surface area contributed by atoms with Crippen LogP contribution >= 0.6 is 22.9 Å². The topological polar surface area (TPSA) is 35.0 Å². The normalized spacial score (nSPS) is 15.4. The van der Waals surface area contributed by atoms with Crippen LogP contribution in [0.15, 0.2) is 6.07 Å². The zero-order valence-corrected chi connectivity index (χ0v) is 11.1. The van der Waals surface area contributed by atoms with Gasteiger partial charge in [0.2, 0.25) is 11.2 Å². The maximum absolute atomic E-state index is 5.91. The summed E-state index contributed by atoms with van der Waals surface area (Å²) in [7, 11) is 0. The minimum atomic E-state index is 0.271. The summed E-state index contributed by atoms with van der Waals surface area (Å²) in [5.41, 5.74) is 0. The molecule has 0 unspecified atom stereocenters. The van der Waals surface area contributed by atoms with Crippen LogP contribution in [0.25, 0.3) is 10.2 Å². The maximum atomic E-state index is 5.91. The fraction of sp³-hybridized carbons (Fsp3) is 0.500. The molecule has 2 aromatic heterocycles. The number of nitrogens with zero attached hydrogens (tertiary/aromatic N) is 2. The molecule has 0 spiro atoms. The summed E-state index contributed by atoms with van der Waals surface area (Å²) in [4.78, 5) is 10.6. The molecule has 2 heterocycles. The van der Waals surface area contributed by atoms with Crippen molar-refractivity contribution in [3.63, 3.8) is 0 Å². The summed E-state index contributed by atoms with van der Waals surface area (Å²) in [5, 5.41) is 1.27. The van der Waals surface area contributed by atoms with Crippen molar-refractivity contribution in [2.24, 2.45) is 5.92 Å². The van der Waals surface area contributed by atoms with Crippen molar-refractivity contribution in [1.82, 2.24) is 9.97 Å². The molecule has 1 aliphatic carbocycles. The van der Waals surface area contributed by atoms with E-state index in [9.17, 15) is 0 Å². The highest BCUT2D eigenvalue weighted by atomic mass is 35.5. The van der Waals surface area contributed by atoms with E-state index in [-0.39, 0.29) is 5.28 Å². The lowest BCUT2D eigenvalue weighted by Gasteiger charge is -2.04. The maximum Gasteiger partial charge on any atom is 0.227 e. The first-order valence-corrected chi connectivity index (χ1v) is 7.04. The SMILES string of the molecule is CCc1cc2c(OCC3CC3)nc(Cl)nc2s1. The van der Waals surface area contributed by atoms with Gasteiger partial charge in [0.1, 0.15) is 4.83 Å². The third kappa shape index (κ3) is 2.38. The number of thiophene rings is 1. The van der Waals surface area contributed by atoms with Gasteiger partial charge >= 0.3 is 0 Å². The predicted molar refractivity (Wildman–Crippen MR) is 70.0 cm³/mol. The molecule has 0 saturated heterocycles. The molecule has 0 atom stereocenters. The van der Waals surface area contributed by atoms with Gasteiger partial charge in [-0.1, -0.05) is 6.92 Å². The Kier molecular flexibility index (Phi) is 2.92. The summed E-state index contributed by atoms with van der Waals surface area (Å²) >= 11 is 7.57. The van der Waals surface area contributed by atoms with Crippen LogP contribution in [-0.4, -0.2) is 16.6 Å². The van der Waals surface area contributed by atoms with Gasteiger partial charge in [-0.2, -0.15) is 4.98 Å². The van der Waals surface area contributed by atoms with Gasteiger partial charge in [-0.3, -0.25) is 0 Å². The van der Waals surface area contributed by atoms with Crippen LogP contribution in [0.5, 0.6) is 5.88 Å². The lowest BCUT2D eigenvalue weighted by molar-refractivity contribution is 0.292. The number of rotatable bonds is 4. The van der Waals surface area contributed by atoms with Crippen molar-refractivity contribution in [2.45, 2.75) is 26.2 Å². The van der Waals surface area contributed by atoms with Gasteiger partial charge in [0.05, 0.1) is 12.0 Å². The van der Waals surface area contributed by atoms with E-state index >= 15 is 0 Å². The van der Waals surface area contributed by atoms with Gasteiger partial charge in [-0.05, 0) is 42.8 Å². The number of fused-ring (bicyclic) bond motifs is 1. The van der Waals surface area contributed by atoms with Crippen LogP contribution in [-0.2, 0) is 6.42 Å². The van der Waals surface area contributed by atoms with Crippen LogP contribution in [0.4, 0.5) is 0 Å². The van der Waals surface area contributed by atoms with E-state index in [2.05, 4.69) is 23.0 Å². The molecule has 1 aliphatic rings. The largest absolute Gasteiger partial charge is 0.477 e. The smallest absolute Gasteiger partial charge is 0.227 e. The molecule has 90 valence electrons. The number of aryl methyl sites for hydroxylation is 1. The Morgan fingerprint density at radius 3 is 3.00 bits per heavy atom. The van der Waals surface area contributed by atoms with Gasteiger partial charge in [0.15, 0.2) is 0 Å². The highest BCUT2D eigenvalue weighted by molar-refractivity contribution is 7.18. The van der Waals surface area contributed by atoms with Crippen molar-refractivity contribution < 1.29 is 4.74 Å². The van der Waals surface area contributed by atoms with Gasteiger partial charge < -0.3 is 4.74 Å². The number of aromatic nitrogens is 2. The van der Waals surface area contributed by atoms with Crippen LogP contribution < -0.4 is 4.74 Å². The standard InChI is InChI=1S/C12H13ClN2OS/c1-2-8-5-9-10(16-6-7-3-4-7)14-12(13)15-11(9)17-8/h5,7H,2-4,6H2,1H3. The minimum absolute atomic E-state index is 0.271. The molecule has 1 saturated carbocycles. The molecule has 0 aliphatic heterocycles. The Bertz CT molecular complexity index is 551. The lowest BCUT2D eigenvalue weighted by atomic mass is 10.3. The Labute approximate surface area is 109 Å². The molecule has 1 fully saturated rings. The second-order valence-electron chi connectivity index (χ2n) is 4.34. The lowest BCUT2D eigenvalue weighted by Crippen LogP contribution is -2.01. The molecule has 0 bridgehead atoms. The van der Waals surface area contributed by atoms with Crippen LogP contribution in [0.1, 0.15) is 24.6 Å². The summed E-state index contributed by atoms with van der Waals surface area (Å²) in [6.45, 7) is 2.88. The fourth-order valence-electron chi connectivity index (χ4n) is 1.69. The second-order valence-corrected chi connectivity index (χ2v) is 5.79. The van der Waals surface area contributed by atoms with E-state index in [1.807, 2.05) is 0 Å². The van der Waals surface area contributed by atoms with E-state index < -0.39 is 0 Å². The summed E-state index contributed by atoms with van der Waals surface area (Å²) in [6.07, 6.45) is 3.54. The molecule has 0 radical (unpaired) electrons. The van der Waals surface area contributed by atoms with Crippen molar-refractivity contribution >= 4 is 33.2 Å². The third-order valence-corrected chi connectivity index (χ3v) is 4.22. The van der Waals surface area contributed by atoms with E-state index in [1.165, 1.54) is 17.7 Å². The number of halogens is 1. The molecule has 0 N–H and O–H groups in total. The molecule has 5 heteroatoms. The van der Waals surface area contributed by atoms with E-state index in [0.717, 1.165) is 23.2 Å². The quantitative estimate of drug-likeness (QED) is 0.793. The van der Waals surface area contributed by atoms with Crippen LogP contribution in [0.2, 0.25) is 5.28 Å². The first kappa shape index (κ1) is 11.2. The molecule has 17 heavy (non-hydrogen) atoms. The van der Waals surface area contributed by atoms with Crippen molar-refractivity contribution in [3.8, 4) is 5.88 Å². The predicted octanol–water partition coefficient (Wildman–Crippen LogP) is 3.70. The number of hydrogen-bond acceptors (Lipinski definition) is 4. The number of hydrogen-bond donors (Lipinski definition) is 0. The fourth-order valence-corrected chi connectivity index (χ4v) is 2.86. The third-order valence-electron chi connectivity index (χ3n) is 2.88. The van der Waals surface area contributed by atoms with Crippen molar-refractivity contribution in [2.75, 3.05) is 6.61 Å². The van der Waals surface area contributed by atoms with Crippen molar-refractivity contribution in [1.29, 1.82) is 0 Å². The molecule has 3 nitrogen and oxygen atoms in total. The Balaban J connectivity index is 1.97. The Morgan fingerprint density at radius 2 is 2.29 bits per heavy atom. The highest BCUT2D eigenvalue weighted by Gasteiger charge is 2.23.